The van der Waals surface area contributed by atoms with Gasteiger partial charge in [-0.3, -0.25) is 4.79 Å². The van der Waals surface area contributed by atoms with Gasteiger partial charge in [-0.2, -0.15) is 0 Å². The monoisotopic (exact) mass is 332 g/mol. The minimum Gasteiger partial charge on any atom is -0.469 e. The number of hydrogen-bond acceptors (Lipinski definition) is 3. The van der Waals surface area contributed by atoms with Crippen LogP contribution in [0, 0.1) is 5.82 Å². The van der Waals surface area contributed by atoms with Crippen LogP contribution in [-0.4, -0.2) is 24.8 Å². The standard InChI is InChI=1S/C14H18BrFO3/c1-19-14(18)11(6-3-2-4-9-17)10-7-5-8-12(15)13(10)16/h5,7-8,11,17H,2-4,6,9H2,1H3. The van der Waals surface area contributed by atoms with Crippen LogP contribution in [0.3, 0.4) is 0 Å². The molecule has 0 aliphatic carbocycles. The fraction of sp³-hybridized carbons (Fsp3) is 0.500. The number of ether oxygens (including phenoxy) is 1. The number of benzene rings is 1. The van der Waals surface area contributed by atoms with Crippen molar-refractivity contribution in [3.8, 4) is 0 Å². The highest BCUT2D eigenvalue weighted by Gasteiger charge is 2.24. The van der Waals surface area contributed by atoms with Gasteiger partial charge in [-0.1, -0.05) is 25.0 Å². The van der Waals surface area contributed by atoms with E-state index in [4.69, 9.17) is 9.84 Å². The second-order valence-electron chi connectivity index (χ2n) is 4.29. The minimum absolute atomic E-state index is 0.133. The topological polar surface area (TPSA) is 46.5 Å². The van der Waals surface area contributed by atoms with Gasteiger partial charge in [0.2, 0.25) is 0 Å². The first-order valence-electron chi connectivity index (χ1n) is 6.24. The summed E-state index contributed by atoms with van der Waals surface area (Å²) in [5, 5.41) is 8.73. The number of hydrogen-bond donors (Lipinski definition) is 1. The van der Waals surface area contributed by atoms with Crippen molar-refractivity contribution in [2.75, 3.05) is 13.7 Å². The average molecular weight is 333 g/mol. The van der Waals surface area contributed by atoms with Gasteiger partial charge in [0.25, 0.3) is 0 Å². The summed E-state index contributed by atoms with van der Waals surface area (Å²) in [6.45, 7) is 0.133. The molecule has 1 aromatic carbocycles. The molecule has 1 aromatic rings. The summed E-state index contributed by atoms with van der Waals surface area (Å²) in [5.41, 5.74) is 0.352. The third-order valence-corrected chi connectivity index (χ3v) is 3.61. The predicted octanol–water partition coefficient (Wildman–Crippen LogP) is 3.40. The van der Waals surface area contributed by atoms with E-state index < -0.39 is 17.7 Å². The molecule has 1 atom stereocenters. The lowest BCUT2D eigenvalue weighted by molar-refractivity contribution is -0.142. The van der Waals surface area contributed by atoms with Crippen molar-refractivity contribution in [1.29, 1.82) is 0 Å². The Morgan fingerprint density at radius 3 is 2.79 bits per heavy atom. The van der Waals surface area contributed by atoms with E-state index in [1.165, 1.54) is 7.11 Å². The number of esters is 1. The van der Waals surface area contributed by atoms with Crippen LogP contribution in [0.4, 0.5) is 4.39 Å². The third kappa shape index (κ3) is 4.58. The van der Waals surface area contributed by atoms with Gasteiger partial charge in [0.15, 0.2) is 0 Å². The first-order valence-corrected chi connectivity index (χ1v) is 7.03. The number of halogens is 2. The van der Waals surface area contributed by atoms with E-state index in [2.05, 4.69) is 15.9 Å². The van der Waals surface area contributed by atoms with Crippen LogP contribution in [-0.2, 0) is 9.53 Å². The number of aliphatic hydroxyl groups is 1. The van der Waals surface area contributed by atoms with Crippen LogP contribution < -0.4 is 0 Å². The molecule has 106 valence electrons. The molecule has 1 rings (SSSR count). The highest BCUT2D eigenvalue weighted by Crippen LogP contribution is 2.29. The number of aliphatic hydroxyl groups excluding tert-OH is 1. The maximum absolute atomic E-state index is 14.0. The van der Waals surface area contributed by atoms with Crippen LogP contribution in [0.5, 0.6) is 0 Å². The zero-order chi connectivity index (χ0) is 14.3. The fourth-order valence-corrected chi connectivity index (χ4v) is 2.35. The van der Waals surface area contributed by atoms with E-state index in [0.29, 0.717) is 22.9 Å². The zero-order valence-corrected chi connectivity index (χ0v) is 12.5. The number of carbonyl (C=O) groups excluding carboxylic acids is 1. The van der Waals surface area contributed by atoms with Gasteiger partial charge in [-0.25, -0.2) is 4.39 Å². The third-order valence-electron chi connectivity index (χ3n) is 2.99. The molecule has 1 unspecified atom stereocenters. The number of methoxy groups -OCH3 is 1. The Morgan fingerprint density at radius 1 is 1.42 bits per heavy atom. The van der Waals surface area contributed by atoms with E-state index >= 15 is 0 Å². The van der Waals surface area contributed by atoms with E-state index in [9.17, 15) is 9.18 Å². The second-order valence-corrected chi connectivity index (χ2v) is 5.15. The molecule has 0 aliphatic rings. The summed E-state index contributed by atoms with van der Waals surface area (Å²) in [7, 11) is 1.30. The van der Waals surface area contributed by atoms with Crippen LogP contribution in [0.2, 0.25) is 0 Å². The minimum atomic E-state index is -0.596. The lowest BCUT2D eigenvalue weighted by atomic mass is 9.93. The largest absolute Gasteiger partial charge is 0.469 e. The molecule has 0 amide bonds. The molecule has 0 bridgehead atoms. The SMILES string of the molecule is COC(=O)C(CCCCCO)c1cccc(Br)c1F. The van der Waals surface area contributed by atoms with Crippen molar-refractivity contribution in [1.82, 2.24) is 0 Å². The molecule has 0 radical (unpaired) electrons. The molecular formula is C14H18BrFO3. The number of unbranched alkanes of at least 4 members (excludes halogenated alkanes) is 2. The maximum atomic E-state index is 14.0. The van der Waals surface area contributed by atoms with Crippen LogP contribution in [0.25, 0.3) is 0 Å². The molecule has 1 N–H and O–H groups in total. The Hall–Kier alpha value is -0.940. The van der Waals surface area contributed by atoms with Gasteiger partial charge in [0.05, 0.1) is 17.5 Å². The summed E-state index contributed by atoms with van der Waals surface area (Å²) < 4.78 is 19.1. The highest BCUT2D eigenvalue weighted by atomic mass is 79.9. The zero-order valence-electron chi connectivity index (χ0n) is 10.9. The molecule has 0 saturated carbocycles. The molecular weight excluding hydrogens is 315 g/mol. The Kier molecular flexibility index (Phi) is 7.02. The van der Waals surface area contributed by atoms with E-state index in [1.807, 2.05) is 0 Å². The highest BCUT2D eigenvalue weighted by molar-refractivity contribution is 9.10. The molecule has 0 heterocycles. The summed E-state index contributed by atoms with van der Waals surface area (Å²) >= 11 is 3.12. The molecule has 0 aromatic heterocycles. The first-order chi connectivity index (χ1) is 9.11. The average Bonchev–Trinajstić information content (AvgIpc) is 2.42. The Balaban J connectivity index is 2.84. The Morgan fingerprint density at radius 2 is 2.16 bits per heavy atom. The van der Waals surface area contributed by atoms with Crippen LogP contribution in [0.1, 0.15) is 37.2 Å². The van der Waals surface area contributed by atoms with E-state index in [-0.39, 0.29) is 6.61 Å². The predicted molar refractivity (Wildman–Crippen MR) is 74.4 cm³/mol. The lowest BCUT2D eigenvalue weighted by Crippen LogP contribution is -2.16. The quantitative estimate of drug-likeness (QED) is 0.614. The van der Waals surface area contributed by atoms with Gasteiger partial charge in [-0.15, -0.1) is 0 Å². The molecule has 0 aliphatic heterocycles. The fourth-order valence-electron chi connectivity index (χ4n) is 1.97. The molecule has 5 heteroatoms. The molecule has 0 saturated heterocycles. The summed E-state index contributed by atoms with van der Waals surface area (Å²) in [4.78, 5) is 11.8. The van der Waals surface area contributed by atoms with E-state index in [1.54, 1.807) is 18.2 Å². The second kappa shape index (κ2) is 8.27. The summed E-state index contributed by atoms with van der Waals surface area (Å²) in [5.74, 6) is -1.44. The normalized spacial score (nSPS) is 12.2. The van der Waals surface area contributed by atoms with Crippen LogP contribution in [0.15, 0.2) is 22.7 Å². The van der Waals surface area contributed by atoms with Gasteiger partial charge < -0.3 is 9.84 Å². The van der Waals surface area contributed by atoms with Crippen molar-refractivity contribution in [2.24, 2.45) is 0 Å². The number of carbonyl (C=O) groups is 1. The van der Waals surface area contributed by atoms with Gasteiger partial charge >= 0.3 is 5.97 Å². The summed E-state index contributed by atoms with van der Waals surface area (Å²) in [6, 6.07) is 4.90. The maximum Gasteiger partial charge on any atom is 0.313 e. The smallest absolute Gasteiger partial charge is 0.313 e. The first kappa shape index (κ1) is 16.1. The van der Waals surface area contributed by atoms with E-state index in [0.717, 1.165) is 12.8 Å². The van der Waals surface area contributed by atoms with Crippen molar-refractivity contribution in [3.05, 3.63) is 34.1 Å². The molecule has 0 fully saturated rings. The van der Waals surface area contributed by atoms with Gasteiger partial charge in [0, 0.05) is 12.2 Å². The lowest BCUT2D eigenvalue weighted by Gasteiger charge is -2.16. The Bertz CT molecular complexity index is 423. The van der Waals surface area contributed by atoms with Gasteiger partial charge in [0.1, 0.15) is 5.82 Å². The molecule has 3 nitrogen and oxygen atoms in total. The van der Waals surface area contributed by atoms with Crippen molar-refractivity contribution in [2.45, 2.75) is 31.6 Å². The van der Waals surface area contributed by atoms with Crippen molar-refractivity contribution >= 4 is 21.9 Å². The van der Waals surface area contributed by atoms with Gasteiger partial charge in [-0.05, 0) is 34.8 Å². The molecule has 19 heavy (non-hydrogen) atoms. The molecule has 0 spiro atoms. The summed E-state index contributed by atoms with van der Waals surface area (Å²) in [6.07, 6.45) is 2.75. The Labute approximate surface area is 120 Å². The van der Waals surface area contributed by atoms with Crippen LogP contribution >= 0.6 is 15.9 Å². The van der Waals surface area contributed by atoms with Crippen molar-refractivity contribution in [3.63, 3.8) is 0 Å². The van der Waals surface area contributed by atoms with Crippen molar-refractivity contribution < 1.29 is 19.0 Å². The number of rotatable bonds is 7.